The molecular formula is C14H22N2O3. The second-order valence-electron chi connectivity index (χ2n) is 4.38. The zero-order valence-electron chi connectivity index (χ0n) is 11.7. The number of carbonyl (C=O) groups excluding carboxylic acids is 1. The molecule has 0 saturated carbocycles. The molecule has 0 amide bonds. The summed E-state index contributed by atoms with van der Waals surface area (Å²) < 4.78 is 9.82. The summed E-state index contributed by atoms with van der Waals surface area (Å²) in [6, 6.07) is 5.31. The molecule has 0 fully saturated rings. The topological polar surface area (TPSA) is 73.6 Å². The maximum atomic E-state index is 11.4. The van der Waals surface area contributed by atoms with Crippen LogP contribution in [-0.4, -0.2) is 32.8 Å². The number of hydrogen-bond donors (Lipinski definition) is 2. The standard InChI is InChI=1S/C14H22N2O3/c1-4-5-11(9-18-2)16-13-7-6-10(8-12(13)15)14(17)19-3/h6-8,11,16H,4-5,9,15H2,1-3H3. The molecule has 0 bridgehead atoms. The lowest BCUT2D eigenvalue weighted by Crippen LogP contribution is -2.25. The Morgan fingerprint density at radius 3 is 2.68 bits per heavy atom. The number of nitrogen functional groups attached to an aromatic ring is 1. The van der Waals surface area contributed by atoms with E-state index < -0.39 is 0 Å². The second kappa shape index (κ2) is 7.63. The minimum Gasteiger partial charge on any atom is -0.465 e. The fraction of sp³-hybridized carbons (Fsp3) is 0.500. The third-order valence-corrected chi connectivity index (χ3v) is 2.84. The number of methoxy groups -OCH3 is 2. The Labute approximate surface area is 114 Å². The largest absolute Gasteiger partial charge is 0.465 e. The van der Waals surface area contributed by atoms with E-state index in [0.29, 0.717) is 17.9 Å². The van der Waals surface area contributed by atoms with Crippen molar-refractivity contribution < 1.29 is 14.3 Å². The lowest BCUT2D eigenvalue weighted by atomic mass is 10.1. The first-order valence-electron chi connectivity index (χ1n) is 6.35. The second-order valence-corrected chi connectivity index (χ2v) is 4.38. The molecule has 0 spiro atoms. The number of anilines is 2. The van der Waals surface area contributed by atoms with Crippen LogP contribution in [0.25, 0.3) is 0 Å². The van der Waals surface area contributed by atoms with Crippen molar-refractivity contribution in [1.29, 1.82) is 0 Å². The average molecular weight is 266 g/mol. The number of rotatable bonds is 7. The Morgan fingerprint density at radius 1 is 1.42 bits per heavy atom. The van der Waals surface area contributed by atoms with E-state index in [2.05, 4.69) is 17.0 Å². The third kappa shape index (κ3) is 4.44. The normalized spacial score (nSPS) is 11.9. The third-order valence-electron chi connectivity index (χ3n) is 2.84. The number of benzene rings is 1. The van der Waals surface area contributed by atoms with Crippen molar-refractivity contribution in [2.75, 3.05) is 31.9 Å². The predicted molar refractivity (Wildman–Crippen MR) is 76.4 cm³/mol. The van der Waals surface area contributed by atoms with Crippen molar-refractivity contribution in [2.24, 2.45) is 0 Å². The Hall–Kier alpha value is -1.75. The summed E-state index contributed by atoms with van der Waals surface area (Å²) in [5.41, 5.74) is 7.73. The van der Waals surface area contributed by atoms with E-state index in [-0.39, 0.29) is 12.0 Å². The summed E-state index contributed by atoms with van der Waals surface area (Å²) in [6.07, 6.45) is 2.05. The van der Waals surface area contributed by atoms with Gasteiger partial charge in [0.15, 0.2) is 0 Å². The van der Waals surface area contributed by atoms with Gasteiger partial charge in [0.05, 0.1) is 30.7 Å². The number of carbonyl (C=O) groups is 1. The maximum absolute atomic E-state index is 11.4. The average Bonchev–Trinajstić information content (AvgIpc) is 2.40. The highest BCUT2D eigenvalue weighted by molar-refractivity contribution is 5.91. The maximum Gasteiger partial charge on any atom is 0.337 e. The molecule has 0 aliphatic heterocycles. The van der Waals surface area contributed by atoms with Crippen LogP contribution in [0.5, 0.6) is 0 Å². The number of ether oxygens (including phenoxy) is 2. The van der Waals surface area contributed by atoms with E-state index >= 15 is 0 Å². The smallest absolute Gasteiger partial charge is 0.337 e. The lowest BCUT2D eigenvalue weighted by molar-refractivity contribution is 0.0601. The summed E-state index contributed by atoms with van der Waals surface area (Å²) in [7, 11) is 3.02. The fourth-order valence-corrected chi connectivity index (χ4v) is 1.91. The van der Waals surface area contributed by atoms with Crippen LogP contribution in [0, 0.1) is 0 Å². The first-order chi connectivity index (χ1) is 9.12. The van der Waals surface area contributed by atoms with E-state index in [9.17, 15) is 4.79 Å². The summed E-state index contributed by atoms with van der Waals surface area (Å²) in [4.78, 5) is 11.4. The minimum absolute atomic E-state index is 0.210. The zero-order valence-corrected chi connectivity index (χ0v) is 11.7. The van der Waals surface area contributed by atoms with E-state index in [1.165, 1.54) is 7.11 Å². The Balaban J connectivity index is 2.80. The van der Waals surface area contributed by atoms with Gasteiger partial charge in [-0.2, -0.15) is 0 Å². The van der Waals surface area contributed by atoms with Gasteiger partial charge in [0.25, 0.3) is 0 Å². The van der Waals surface area contributed by atoms with Crippen molar-refractivity contribution in [3.63, 3.8) is 0 Å². The van der Waals surface area contributed by atoms with Crippen LogP contribution < -0.4 is 11.1 Å². The van der Waals surface area contributed by atoms with E-state index in [4.69, 9.17) is 10.5 Å². The number of nitrogens with one attached hydrogen (secondary N) is 1. The summed E-state index contributed by atoms with van der Waals surface area (Å²) in [6.45, 7) is 2.74. The highest BCUT2D eigenvalue weighted by atomic mass is 16.5. The summed E-state index contributed by atoms with van der Waals surface area (Å²) >= 11 is 0. The minimum atomic E-state index is -0.389. The molecule has 19 heavy (non-hydrogen) atoms. The predicted octanol–water partition coefficient (Wildman–Crippen LogP) is 2.28. The Bertz CT molecular complexity index is 415. The van der Waals surface area contributed by atoms with Crippen LogP contribution in [0.2, 0.25) is 0 Å². The molecule has 5 nitrogen and oxygen atoms in total. The van der Waals surface area contributed by atoms with Gasteiger partial charge in [0.2, 0.25) is 0 Å². The van der Waals surface area contributed by atoms with Gasteiger partial charge >= 0.3 is 5.97 Å². The molecule has 5 heteroatoms. The molecule has 106 valence electrons. The summed E-state index contributed by atoms with van der Waals surface area (Å²) in [5, 5.41) is 3.33. The van der Waals surface area contributed by atoms with Crippen molar-refractivity contribution in [3.05, 3.63) is 23.8 Å². The van der Waals surface area contributed by atoms with Gasteiger partial charge in [-0.1, -0.05) is 13.3 Å². The van der Waals surface area contributed by atoms with E-state index in [1.807, 2.05) is 0 Å². The molecule has 0 aromatic heterocycles. The number of esters is 1. The van der Waals surface area contributed by atoms with E-state index in [1.54, 1.807) is 25.3 Å². The molecule has 1 aromatic rings. The fourth-order valence-electron chi connectivity index (χ4n) is 1.91. The molecular weight excluding hydrogens is 244 g/mol. The quantitative estimate of drug-likeness (QED) is 0.585. The molecule has 0 aliphatic rings. The first-order valence-corrected chi connectivity index (χ1v) is 6.35. The molecule has 1 unspecified atom stereocenters. The van der Waals surface area contributed by atoms with Gasteiger partial charge in [-0.15, -0.1) is 0 Å². The van der Waals surface area contributed by atoms with Crippen molar-refractivity contribution >= 4 is 17.3 Å². The number of hydrogen-bond acceptors (Lipinski definition) is 5. The highest BCUT2D eigenvalue weighted by Gasteiger charge is 2.11. The zero-order chi connectivity index (χ0) is 14.3. The Kier molecular flexibility index (Phi) is 6.15. The van der Waals surface area contributed by atoms with Gasteiger partial charge in [-0.3, -0.25) is 0 Å². The van der Waals surface area contributed by atoms with Crippen LogP contribution in [-0.2, 0) is 9.47 Å². The van der Waals surface area contributed by atoms with Crippen molar-refractivity contribution in [2.45, 2.75) is 25.8 Å². The number of nitrogens with two attached hydrogens (primary N) is 1. The molecule has 1 aromatic carbocycles. The van der Waals surface area contributed by atoms with Crippen LogP contribution in [0.1, 0.15) is 30.1 Å². The first kappa shape index (κ1) is 15.3. The Morgan fingerprint density at radius 2 is 2.16 bits per heavy atom. The van der Waals surface area contributed by atoms with Crippen LogP contribution in [0.3, 0.4) is 0 Å². The lowest BCUT2D eigenvalue weighted by Gasteiger charge is -2.20. The van der Waals surface area contributed by atoms with Gasteiger partial charge in [-0.05, 0) is 24.6 Å². The van der Waals surface area contributed by atoms with Gasteiger partial charge < -0.3 is 20.5 Å². The monoisotopic (exact) mass is 266 g/mol. The van der Waals surface area contributed by atoms with Crippen molar-refractivity contribution in [3.8, 4) is 0 Å². The SMILES string of the molecule is CCCC(COC)Nc1ccc(C(=O)OC)cc1N. The van der Waals surface area contributed by atoms with Gasteiger partial charge in [-0.25, -0.2) is 4.79 Å². The van der Waals surface area contributed by atoms with Gasteiger partial charge in [0, 0.05) is 13.2 Å². The van der Waals surface area contributed by atoms with Crippen molar-refractivity contribution in [1.82, 2.24) is 0 Å². The molecule has 1 rings (SSSR count). The molecule has 0 radical (unpaired) electrons. The molecule has 3 N–H and O–H groups in total. The molecule has 0 heterocycles. The molecule has 0 saturated heterocycles. The van der Waals surface area contributed by atoms with Gasteiger partial charge in [0.1, 0.15) is 0 Å². The van der Waals surface area contributed by atoms with E-state index in [0.717, 1.165) is 18.5 Å². The highest BCUT2D eigenvalue weighted by Crippen LogP contribution is 2.22. The van der Waals surface area contributed by atoms with Crippen LogP contribution in [0.15, 0.2) is 18.2 Å². The summed E-state index contributed by atoms with van der Waals surface area (Å²) in [5.74, 6) is -0.389. The van der Waals surface area contributed by atoms with Crippen LogP contribution >= 0.6 is 0 Å². The molecule has 1 atom stereocenters. The molecule has 0 aliphatic carbocycles. The van der Waals surface area contributed by atoms with Crippen LogP contribution in [0.4, 0.5) is 11.4 Å².